The quantitative estimate of drug-likeness (QED) is 0.747. The Morgan fingerprint density at radius 1 is 1.09 bits per heavy atom. The number of nitrogens with zero attached hydrogens (tertiary/aromatic N) is 1. The van der Waals surface area contributed by atoms with E-state index in [0.717, 1.165) is 37.3 Å². The van der Waals surface area contributed by atoms with Gasteiger partial charge in [0.2, 0.25) is 0 Å². The van der Waals surface area contributed by atoms with Gasteiger partial charge in [-0.05, 0) is 55.7 Å². The molecule has 2 N–H and O–H groups in total. The van der Waals surface area contributed by atoms with E-state index >= 15 is 0 Å². The molecular weight excluding hydrogens is 286 g/mol. The largest absolute Gasteiger partial charge is 0.352 e. The first-order valence-electron chi connectivity index (χ1n) is 8.18. The van der Waals surface area contributed by atoms with Crippen LogP contribution in [0.1, 0.15) is 47.7 Å². The molecule has 2 rings (SSSR count). The molecule has 0 saturated carbocycles. The number of aromatic nitrogens is 1. The van der Waals surface area contributed by atoms with Crippen molar-refractivity contribution in [3.05, 3.63) is 53.2 Å². The summed E-state index contributed by atoms with van der Waals surface area (Å²) < 4.78 is 0. The molecule has 0 aliphatic carbocycles. The van der Waals surface area contributed by atoms with Crippen molar-refractivity contribution in [3.63, 3.8) is 0 Å². The minimum Gasteiger partial charge on any atom is -0.352 e. The molecule has 0 aliphatic rings. The van der Waals surface area contributed by atoms with Gasteiger partial charge in [-0.2, -0.15) is 0 Å². The van der Waals surface area contributed by atoms with Crippen molar-refractivity contribution in [2.45, 2.75) is 40.0 Å². The molecule has 122 valence electrons. The summed E-state index contributed by atoms with van der Waals surface area (Å²) in [6.07, 6.45) is 4.91. The van der Waals surface area contributed by atoms with Gasteiger partial charge in [0, 0.05) is 18.4 Å². The van der Waals surface area contributed by atoms with Crippen LogP contribution in [-0.2, 0) is 0 Å². The van der Waals surface area contributed by atoms with Gasteiger partial charge in [-0.1, -0.05) is 25.8 Å². The van der Waals surface area contributed by atoms with Gasteiger partial charge in [0.15, 0.2) is 0 Å². The molecule has 0 aliphatic heterocycles. The topological polar surface area (TPSA) is 54.0 Å². The molecule has 1 heterocycles. The number of anilines is 2. The average molecular weight is 311 g/mol. The molecule has 0 spiro atoms. The van der Waals surface area contributed by atoms with E-state index in [1.807, 2.05) is 6.07 Å². The van der Waals surface area contributed by atoms with Crippen LogP contribution in [0.3, 0.4) is 0 Å². The second-order valence-corrected chi connectivity index (χ2v) is 5.90. The first-order valence-corrected chi connectivity index (χ1v) is 8.18. The number of rotatable bonds is 7. The van der Waals surface area contributed by atoms with Crippen LogP contribution in [0, 0.1) is 13.8 Å². The fraction of sp³-hybridized carbons (Fsp3) is 0.368. The molecule has 1 aromatic carbocycles. The van der Waals surface area contributed by atoms with E-state index in [1.54, 1.807) is 12.3 Å². The highest BCUT2D eigenvalue weighted by molar-refractivity contribution is 5.94. The van der Waals surface area contributed by atoms with E-state index in [-0.39, 0.29) is 5.91 Å². The molecule has 1 amide bonds. The zero-order valence-electron chi connectivity index (χ0n) is 14.1. The fourth-order valence-corrected chi connectivity index (χ4v) is 2.48. The van der Waals surface area contributed by atoms with Crippen molar-refractivity contribution in [1.82, 2.24) is 10.3 Å². The molecule has 0 fully saturated rings. The minimum atomic E-state index is -0.0634. The highest BCUT2D eigenvalue weighted by atomic mass is 16.1. The Balaban J connectivity index is 1.95. The molecular formula is C19H25N3O. The number of pyridine rings is 1. The standard InChI is InChI=1S/C19H25N3O/c1-4-5-6-9-20-19(23)16-7-8-18(21-13-16)22-17-11-14(2)10-15(3)12-17/h7-8,10-13H,4-6,9H2,1-3H3,(H,20,23)(H,21,22). The van der Waals surface area contributed by atoms with E-state index < -0.39 is 0 Å². The summed E-state index contributed by atoms with van der Waals surface area (Å²) >= 11 is 0. The zero-order valence-corrected chi connectivity index (χ0v) is 14.1. The Bertz CT molecular complexity index is 630. The number of hydrogen-bond donors (Lipinski definition) is 2. The van der Waals surface area contributed by atoms with Gasteiger partial charge in [-0.3, -0.25) is 4.79 Å². The number of aryl methyl sites for hydroxylation is 2. The second kappa shape index (κ2) is 8.32. The Morgan fingerprint density at radius 3 is 2.43 bits per heavy atom. The molecule has 4 heteroatoms. The van der Waals surface area contributed by atoms with Crippen LogP contribution in [0.4, 0.5) is 11.5 Å². The lowest BCUT2D eigenvalue weighted by Crippen LogP contribution is -2.24. The first-order chi connectivity index (χ1) is 11.1. The van der Waals surface area contributed by atoms with Crippen molar-refractivity contribution in [3.8, 4) is 0 Å². The first kappa shape index (κ1) is 17.0. The number of carbonyl (C=O) groups is 1. The predicted molar refractivity (Wildman–Crippen MR) is 95.3 cm³/mol. The Morgan fingerprint density at radius 2 is 1.83 bits per heavy atom. The maximum atomic E-state index is 12.0. The third-order valence-corrected chi connectivity index (χ3v) is 3.59. The number of carbonyl (C=O) groups excluding carboxylic acids is 1. The van der Waals surface area contributed by atoms with Crippen molar-refractivity contribution in [1.29, 1.82) is 0 Å². The third-order valence-electron chi connectivity index (χ3n) is 3.59. The summed E-state index contributed by atoms with van der Waals surface area (Å²) in [5.41, 5.74) is 4.00. The Hall–Kier alpha value is -2.36. The van der Waals surface area contributed by atoms with Crippen molar-refractivity contribution in [2.75, 3.05) is 11.9 Å². The summed E-state index contributed by atoms with van der Waals surface area (Å²) in [5, 5.41) is 6.19. The van der Waals surface area contributed by atoms with E-state index in [4.69, 9.17) is 0 Å². The van der Waals surface area contributed by atoms with E-state index in [0.29, 0.717) is 5.56 Å². The van der Waals surface area contributed by atoms with Gasteiger partial charge in [0.1, 0.15) is 5.82 Å². The lowest BCUT2D eigenvalue weighted by Gasteiger charge is -2.09. The SMILES string of the molecule is CCCCCNC(=O)c1ccc(Nc2cc(C)cc(C)c2)nc1. The maximum Gasteiger partial charge on any atom is 0.252 e. The van der Waals surface area contributed by atoms with Crippen LogP contribution in [-0.4, -0.2) is 17.4 Å². The smallest absolute Gasteiger partial charge is 0.252 e. The van der Waals surface area contributed by atoms with Crippen molar-refractivity contribution < 1.29 is 4.79 Å². The minimum absolute atomic E-state index is 0.0634. The molecule has 2 aromatic rings. The average Bonchev–Trinajstić information content (AvgIpc) is 2.51. The summed E-state index contributed by atoms with van der Waals surface area (Å²) in [4.78, 5) is 16.3. The van der Waals surface area contributed by atoms with E-state index in [9.17, 15) is 4.79 Å². The van der Waals surface area contributed by atoms with Gasteiger partial charge in [-0.15, -0.1) is 0 Å². The Labute approximate surface area is 138 Å². The lowest BCUT2D eigenvalue weighted by atomic mass is 10.1. The molecule has 23 heavy (non-hydrogen) atoms. The van der Waals surface area contributed by atoms with Gasteiger partial charge >= 0.3 is 0 Å². The molecule has 0 radical (unpaired) electrons. The van der Waals surface area contributed by atoms with Gasteiger partial charge < -0.3 is 10.6 Å². The number of unbranched alkanes of at least 4 members (excludes halogenated alkanes) is 2. The molecule has 4 nitrogen and oxygen atoms in total. The normalized spacial score (nSPS) is 10.4. The van der Waals surface area contributed by atoms with Gasteiger partial charge in [0.25, 0.3) is 5.91 Å². The third kappa shape index (κ3) is 5.40. The van der Waals surface area contributed by atoms with Crippen LogP contribution in [0.25, 0.3) is 0 Å². The van der Waals surface area contributed by atoms with E-state index in [2.05, 4.69) is 54.6 Å². The van der Waals surface area contributed by atoms with Crippen LogP contribution in [0.5, 0.6) is 0 Å². The summed E-state index contributed by atoms with van der Waals surface area (Å²) in [6.45, 7) is 7.00. The molecule has 0 bridgehead atoms. The van der Waals surface area contributed by atoms with Crippen molar-refractivity contribution >= 4 is 17.4 Å². The molecule has 1 aromatic heterocycles. The summed E-state index contributed by atoms with van der Waals surface area (Å²) in [6, 6.07) is 9.91. The van der Waals surface area contributed by atoms with Crippen molar-refractivity contribution in [2.24, 2.45) is 0 Å². The van der Waals surface area contributed by atoms with E-state index in [1.165, 1.54) is 11.1 Å². The maximum absolute atomic E-state index is 12.0. The number of benzene rings is 1. The number of amides is 1. The van der Waals surface area contributed by atoms with Crippen LogP contribution < -0.4 is 10.6 Å². The Kier molecular flexibility index (Phi) is 6.15. The highest BCUT2D eigenvalue weighted by Gasteiger charge is 2.05. The zero-order chi connectivity index (χ0) is 16.7. The van der Waals surface area contributed by atoms with Crippen LogP contribution in [0.15, 0.2) is 36.5 Å². The highest BCUT2D eigenvalue weighted by Crippen LogP contribution is 2.18. The summed E-state index contributed by atoms with van der Waals surface area (Å²) in [7, 11) is 0. The molecule has 0 saturated heterocycles. The summed E-state index contributed by atoms with van der Waals surface area (Å²) in [5.74, 6) is 0.670. The monoisotopic (exact) mass is 311 g/mol. The number of hydrogen-bond acceptors (Lipinski definition) is 3. The second-order valence-electron chi connectivity index (χ2n) is 5.90. The molecule has 0 unspecified atom stereocenters. The van der Waals surface area contributed by atoms with Crippen LogP contribution >= 0.6 is 0 Å². The van der Waals surface area contributed by atoms with Gasteiger partial charge in [0.05, 0.1) is 5.56 Å². The van der Waals surface area contributed by atoms with Crippen LogP contribution in [0.2, 0.25) is 0 Å². The predicted octanol–water partition coefficient (Wildman–Crippen LogP) is 4.36. The fourth-order valence-electron chi connectivity index (χ4n) is 2.48. The van der Waals surface area contributed by atoms with Gasteiger partial charge in [-0.25, -0.2) is 4.98 Å². The number of nitrogens with one attached hydrogen (secondary N) is 2. The lowest BCUT2D eigenvalue weighted by molar-refractivity contribution is 0.0952. The molecule has 0 atom stereocenters.